The lowest BCUT2D eigenvalue weighted by Gasteiger charge is -2.24. The van der Waals surface area contributed by atoms with Crippen LogP contribution in [0.3, 0.4) is 0 Å². The molecule has 1 aliphatic rings. The first-order chi connectivity index (χ1) is 13.5. The Labute approximate surface area is 169 Å². The number of carbonyl (C=O) groups excluding carboxylic acids is 2. The van der Waals surface area contributed by atoms with Crippen LogP contribution >= 0.6 is 11.6 Å². The summed E-state index contributed by atoms with van der Waals surface area (Å²) >= 11 is 6.16. The summed E-state index contributed by atoms with van der Waals surface area (Å²) in [6.45, 7) is 0.215. The van der Waals surface area contributed by atoms with Gasteiger partial charge in [-0.1, -0.05) is 41.9 Å². The van der Waals surface area contributed by atoms with Gasteiger partial charge in [-0.15, -0.1) is 0 Å². The van der Waals surface area contributed by atoms with Gasteiger partial charge in [0.05, 0.1) is 19.2 Å². The van der Waals surface area contributed by atoms with Gasteiger partial charge < -0.3 is 20.3 Å². The van der Waals surface area contributed by atoms with E-state index in [1.54, 1.807) is 18.2 Å². The molecule has 7 heteroatoms. The number of benzene rings is 2. The van der Waals surface area contributed by atoms with Gasteiger partial charge in [0.25, 0.3) is 11.8 Å². The predicted octanol–water partition coefficient (Wildman–Crippen LogP) is 1.82. The highest BCUT2D eigenvalue weighted by Gasteiger charge is 2.32. The maximum Gasteiger partial charge on any atom is 0.287 e. The summed E-state index contributed by atoms with van der Waals surface area (Å²) in [5.74, 6) is 0.296. The molecule has 6 nitrogen and oxygen atoms in total. The minimum atomic E-state index is -0.535. The van der Waals surface area contributed by atoms with Crippen LogP contribution in [-0.2, 0) is 9.59 Å². The van der Waals surface area contributed by atoms with Gasteiger partial charge in [-0.05, 0) is 31.0 Å². The molecule has 0 aromatic heterocycles. The van der Waals surface area contributed by atoms with Crippen molar-refractivity contribution in [1.29, 1.82) is 0 Å². The number of nitrogens with one attached hydrogen (secondary N) is 3. The molecule has 0 heterocycles. The molecule has 0 aliphatic heterocycles. The van der Waals surface area contributed by atoms with Crippen molar-refractivity contribution in [3.05, 3.63) is 59.1 Å². The fourth-order valence-corrected chi connectivity index (χ4v) is 3.38. The summed E-state index contributed by atoms with van der Waals surface area (Å²) in [4.78, 5) is 26.1. The molecule has 2 aromatic rings. The van der Waals surface area contributed by atoms with Crippen LogP contribution in [0.2, 0.25) is 5.02 Å². The van der Waals surface area contributed by atoms with Crippen molar-refractivity contribution in [3.8, 4) is 5.75 Å². The third kappa shape index (κ3) is 5.24. The first-order valence-electron chi connectivity index (χ1n) is 9.29. The molecule has 1 unspecified atom stereocenters. The number of rotatable bonds is 8. The number of anilines is 1. The number of hydrogen-bond acceptors (Lipinski definition) is 3. The van der Waals surface area contributed by atoms with E-state index in [0.717, 1.165) is 23.3 Å². The van der Waals surface area contributed by atoms with Crippen LogP contribution < -0.4 is 20.3 Å². The molecule has 0 saturated heterocycles. The Morgan fingerprint density at radius 3 is 2.54 bits per heavy atom. The van der Waals surface area contributed by atoms with E-state index in [1.165, 1.54) is 7.11 Å². The SMILES string of the molecule is COc1ccc(NC(=O)[C@H](c2ccccc2)[NH+](C)CC(=O)NC2CC2)cc1Cl. The molecule has 3 rings (SSSR count). The van der Waals surface area contributed by atoms with Crippen molar-refractivity contribution in [1.82, 2.24) is 5.32 Å². The van der Waals surface area contributed by atoms with E-state index >= 15 is 0 Å². The first-order valence-corrected chi connectivity index (χ1v) is 9.66. The second-order valence-corrected chi connectivity index (χ2v) is 7.45. The van der Waals surface area contributed by atoms with E-state index in [4.69, 9.17) is 16.3 Å². The van der Waals surface area contributed by atoms with E-state index in [1.807, 2.05) is 37.4 Å². The predicted molar refractivity (Wildman–Crippen MR) is 109 cm³/mol. The lowest BCUT2D eigenvalue weighted by Crippen LogP contribution is -3.11. The highest BCUT2D eigenvalue weighted by Crippen LogP contribution is 2.27. The van der Waals surface area contributed by atoms with Crippen molar-refractivity contribution in [3.63, 3.8) is 0 Å². The summed E-state index contributed by atoms with van der Waals surface area (Å²) in [6.07, 6.45) is 2.07. The number of halogens is 1. The van der Waals surface area contributed by atoms with Gasteiger partial charge in [-0.2, -0.15) is 0 Å². The number of likely N-dealkylation sites (N-methyl/N-ethyl adjacent to an activating group) is 1. The smallest absolute Gasteiger partial charge is 0.287 e. The number of amides is 2. The third-order valence-electron chi connectivity index (χ3n) is 4.69. The van der Waals surface area contributed by atoms with E-state index in [2.05, 4.69) is 10.6 Å². The molecule has 0 spiro atoms. The minimum Gasteiger partial charge on any atom is -0.495 e. The Morgan fingerprint density at radius 2 is 1.93 bits per heavy atom. The molecule has 2 aromatic carbocycles. The van der Waals surface area contributed by atoms with Crippen molar-refractivity contribution in [2.45, 2.75) is 24.9 Å². The minimum absolute atomic E-state index is 0.0405. The van der Waals surface area contributed by atoms with Crippen LogP contribution in [0.25, 0.3) is 0 Å². The monoisotopic (exact) mass is 402 g/mol. The molecule has 1 aliphatic carbocycles. The second kappa shape index (κ2) is 9.08. The summed E-state index contributed by atoms with van der Waals surface area (Å²) in [5, 5.41) is 6.30. The summed E-state index contributed by atoms with van der Waals surface area (Å²) in [5.41, 5.74) is 1.42. The Hall–Kier alpha value is -2.57. The number of quaternary nitrogens is 1. The van der Waals surface area contributed by atoms with Crippen LogP contribution in [0.15, 0.2) is 48.5 Å². The van der Waals surface area contributed by atoms with E-state index in [-0.39, 0.29) is 18.4 Å². The Morgan fingerprint density at radius 1 is 1.21 bits per heavy atom. The van der Waals surface area contributed by atoms with Gasteiger partial charge in [-0.25, -0.2) is 0 Å². The first kappa shape index (κ1) is 20.2. The third-order valence-corrected chi connectivity index (χ3v) is 4.98. The summed E-state index contributed by atoms with van der Waals surface area (Å²) in [7, 11) is 3.39. The molecule has 3 N–H and O–H groups in total. The number of carbonyl (C=O) groups is 2. The molecule has 148 valence electrons. The van der Waals surface area contributed by atoms with Gasteiger partial charge in [0.1, 0.15) is 5.75 Å². The fraction of sp³-hybridized carbons (Fsp3) is 0.333. The lowest BCUT2D eigenvalue weighted by molar-refractivity contribution is -0.894. The largest absolute Gasteiger partial charge is 0.495 e. The Kier molecular flexibility index (Phi) is 6.54. The second-order valence-electron chi connectivity index (χ2n) is 7.05. The highest BCUT2D eigenvalue weighted by atomic mass is 35.5. The van der Waals surface area contributed by atoms with Gasteiger partial charge in [0.2, 0.25) is 0 Å². The number of hydrogen-bond donors (Lipinski definition) is 3. The summed E-state index contributed by atoms with van der Waals surface area (Å²) in [6, 6.07) is 14.3. The van der Waals surface area contributed by atoms with Crippen LogP contribution in [0.1, 0.15) is 24.4 Å². The Balaban J connectivity index is 1.76. The van der Waals surface area contributed by atoms with E-state index < -0.39 is 6.04 Å². The van der Waals surface area contributed by atoms with Crippen LogP contribution in [-0.4, -0.2) is 38.6 Å². The van der Waals surface area contributed by atoms with Crippen molar-refractivity contribution in [2.24, 2.45) is 0 Å². The van der Waals surface area contributed by atoms with Crippen LogP contribution in [0.5, 0.6) is 5.75 Å². The quantitative estimate of drug-likeness (QED) is 0.630. The van der Waals surface area contributed by atoms with Crippen molar-refractivity contribution >= 4 is 29.1 Å². The molecular formula is C21H25ClN3O3+. The average molecular weight is 403 g/mol. The molecule has 0 bridgehead atoms. The molecule has 0 radical (unpaired) electrons. The van der Waals surface area contributed by atoms with Crippen LogP contribution in [0.4, 0.5) is 5.69 Å². The highest BCUT2D eigenvalue weighted by molar-refractivity contribution is 6.32. The van der Waals surface area contributed by atoms with Gasteiger partial charge >= 0.3 is 0 Å². The van der Waals surface area contributed by atoms with E-state index in [0.29, 0.717) is 22.5 Å². The zero-order chi connectivity index (χ0) is 20.1. The van der Waals surface area contributed by atoms with Gasteiger partial charge in [-0.3, -0.25) is 9.59 Å². The fourth-order valence-electron chi connectivity index (χ4n) is 3.13. The van der Waals surface area contributed by atoms with E-state index in [9.17, 15) is 9.59 Å². The zero-order valence-electron chi connectivity index (χ0n) is 16.0. The molecule has 2 atom stereocenters. The molecule has 28 heavy (non-hydrogen) atoms. The average Bonchev–Trinajstić information content (AvgIpc) is 3.46. The normalized spacial score (nSPS) is 15.4. The van der Waals surface area contributed by atoms with Crippen LogP contribution in [0, 0.1) is 0 Å². The molecule has 2 amide bonds. The molecule has 1 fully saturated rings. The molecular weight excluding hydrogens is 378 g/mol. The van der Waals surface area contributed by atoms with Gasteiger partial charge in [0, 0.05) is 17.3 Å². The van der Waals surface area contributed by atoms with Gasteiger partial charge in [0.15, 0.2) is 12.6 Å². The van der Waals surface area contributed by atoms with Crippen molar-refractivity contribution in [2.75, 3.05) is 26.0 Å². The standard InChI is InChI=1S/C21H24ClN3O3/c1-25(13-19(26)23-15-8-9-15)20(14-6-4-3-5-7-14)21(27)24-16-10-11-18(28-2)17(22)12-16/h3-7,10-12,15,20H,8-9,13H2,1-2H3,(H,23,26)(H,24,27)/p+1/t20-/m0/s1. The summed E-state index contributed by atoms with van der Waals surface area (Å²) < 4.78 is 5.15. The van der Waals surface area contributed by atoms with Crippen molar-refractivity contribution < 1.29 is 19.2 Å². The Bertz CT molecular complexity index is 840. The maximum absolute atomic E-state index is 13.1. The lowest BCUT2D eigenvalue weighted by atomic mass is 10.0. The zero-order valence-corrected chi connectivity index (χ0v) is 16.8. The maximum atomic E-state index is 13.1. The number of ether oxygens (including phenoxy) is 1. The molecule has 1 saturated carbocycles. The number of methoxy groups -OCH3 is 1. The topological polar surface area (TPSA) is 71.9 Å².